The molecule has 1 amide bonds. The molecule has 1 heterocycles. The Kier molecular flexibility index (Phi) is 6.29. The SMILES string of the molecule is Cc1ccc(-c2noc(CN(C)C(=O)[C@@H](C)SCc3ccccc3)n2)cc1. The molecule has 27 heavy (non-hydrogen) atoms. The lowest BCUT2D eigenvalue weighted by atomic mass is 10.1. The van der Waals surface area contributed by atoms with Gasteiger partial charge in [0.25, 0.3) is 0 Å². The van der Waals surface area contributed by atoms with Crippen LogP contribution >= 0.6 is 11.8 Å². The monoisotopic (exact) mass is 381 g/mol. The molecule has 0 saturated carbocycles. The van der Waals surface area contributed by atoms with Gasteiger partial charge < -0.3 is 9.42 Å². The van der Waals surface area contributed by atoms with Crippen LogP contribution in [0.5, 0.6) is 0 Å². The number of rotatable bonds is 7. The van der Waals surface area contributed by atoms with E-state index in [2.05, 4.69) is 22.3 Å². The normalized spacial score (nSPS) is 12.0. The highest BCUT2D eigenvalue weighted by Gasteiger charge is 2.20. The van der Waals surface area contributed by atoms with Gasteiger partial charge in [0.1, 0.15) is 0 Å². The van der Waals surface area contributed by atoms with Crippen molar-refractivity contribution in [2.24, 2.45) is 0 Å². The molecule has 0 aliphatic carbocycles. The topological polar surface area (TPSA) is 59.2 Å². The van der Waals surface area contributed by atoms with Gasteiger partial charge in [0.15, 0.2) is 0 Å². The standard InChI is InChI=1S/C21H23N3O2S/c1-15-9-11-18(12-10-15)20-22-19(26-23-20)13-24(3)21(25)16(2)27-14-17-7-5-4-6-8-17/h4-12,16H,13-14H2,1-3H3/t16-/m1/s1. The molecule has 0 aliphatic heterocycles. The van der Waals surface area contributed by atoms with E-state index in [0.717, 1.165) is 11.3 Å². The fourth-order valence-corrected chi connectivity index (χ4v) is 3.55. The Morgan fingerprint density at radius 3 is 2.56 bits per heavy atom. The van der Waals surface area contributed by atoms with Crippen molar-refractivity contribution < 1.29 is 9.32 Å². The van der Waals surface area contributed by atoms with Crippen LogP contribution in [0.15, 0.2) is 59.1 Å². The van der Waals surface area contributed by atoms with Crippen LogP contribution in [-0.2, 0) is 17.1 Å². The van der Waals surface area contributed by atoms with Crippen molar-refractivity contribution in [2.45, 2.75) is 31.4 Å². The molecule has 6 heteroatoms. The third-order valence-electron chi connectivity index (χ3n) is 4.22. The lowest BCUT2D eigenvalue weighted by molar-refractivity contribution is -0.129. The zero-order chi connectivity index (χ0) is 19.2. The summed E-state index contributed by atoms with van der Waals surface area (Å²) in [4.78, 5) is 18.6. The fourth-order valence-electron chi connectivity index (χ4n) is 2.60. The van der Waals surface area contributed by atoms with E-state index in [0.29, 0.717) is 18.3 Å². The van der Waals surface area contributed by atoms with Crippen LogP contribution in [0.25, 0.3) is 11.4 Å². The summed E-state index contributed by atoms with van der Waals surface area (Å²) in [6, 6.07) is 18.1. The van der Waals surface area contributed by atoms with Crippen LogP contribution in [-0.4, -0.2) is 33.2 Å². The van der Waals surface area contributed by atoms with Gasteiger partial charge in [-0.15, -0.1) is 11.8 Å². The van der Waals surface area contributed by atoms with Gasteiger partial charge in [-0.3, -0.25) is 4.79 Å². The van der Waals surface area contributed by atoms with E-state index in [4.69, 9.17) is 4.52 Å². The zero-order valence-electron chi connectivity index (χ0n) is 15.8. The van der Waals surface area contributed by atoms with E-state index >= 15 is 0 Å². The number of aromatic nitrogens is 2. The Morgan fingerprint density at radius 1 is 1.15 bits per heavy atom. The van der Waals surface area contributed by atoms with Gasteiger partial charge in [0.2, 0.25) is 17.6 Å². The van der Waals surface area contributed by atoms with Crippen LogP contribution < -0.4 is 0 Å². The molecule has 0 unspecified atom stereocenters. The first kappa shape index (κ1) is 19.2. The number of thioether (sulfide) groups is 1. The number of benzene rings is 2. The first-order chi connectivity index (χ1) is 13.0. The molecular weight excluding hydrogens is 358 g/mol. The Hall–Kier alpha value is -2.60. The van der Waals surface area contributed by atoms with Gasteiger partial charge in [0, 0.05) is 18.4 Å². The molecule has 5 nitrogen and oxygen atoms in total. The number of amides is 1. The summed E-state index contributed by atoms with van der Waals surface area (Å²) in [5.41, 5.74) is 3.29. The Bertz CT molecular complexity index is 878. The largest absolute Gasteiger partial charge is 0.337 e. The summed E-state index contributed by atoms with van der Waals surface area (Å²) in [5, 5.41) is 3.88. The lowest BCUT2D eigenvalue weighted by Crippen LogP contribution is -2.33. The first-order valence-electron chi connectivity index (χ1n) is 8.83. The van der Waals surface area contributed by atoms with E-state index in [-0.39, 0.29) is 11.2 Å². The Balaban J connectivity index is 1.55. The van der Waals surface area contributed by atoms with Crippen LogP contribution in [0.4, 0.5) is 0 Å². The molecule has 140 valence electrons. The summed E-state index contributed by atoms with van der Waals surface area (Å²) < 4.78 is 5.32. The molecule has 0 spiro atoms. The van der Waals surface area contributed by atoms with Crippen LogP contribution in [0.1, 0.15) is 23.9 Å². The summed E-state index contributed by atoms with van der Waals surface area (Å²) in [7, 11) is 1.76. The summed E-state index contributed by atoms with van der Waals surface area (Å²) in [6.45, 7) is 4.26. The van der Waals surface area contributed by atoms with E-state index < -0.39 is 0 Å². The third kappa shape index (κ3) is 5.20. The Labute approximate surface area is 163 Å². The number of hydrogen-bond acceptors (Lipinski definition) is 5. The third-order valence-corrected chi connectivity index (χ3v) is 5.42. The van der Waals surface area contributed by atoms with Crippen LogP contribution in [0.2, 0.25) is 0 Å². The first-order valence-corrected chi connectivity index (χ1v) is 9.88. The fraction of sp³-hybridized carbons (Fsp3) is 0.286. The number of carbonyl (C=O) groups is 1. The second-order valence-corrected chi connectivity index (χ2v) is 7.84. The molecule has 1 aromatic heterocycles. The predicted octanol–water partition coefficient (Wildman–Crippen LogP) is 4.33. The highest BCUT2D eigenvalue weighted by molar-refractivity contribution is 7.99. The van der Waals surface area contributed by atoms with E-state index in [1.807, 2.05) is 56.3 Å². The Morgan fingerprint density at radius 2 is 1.85 bits per heavy atom. The lowest BCUT2D eigenvalue weighted by Gasteiger charge is -2.19. The molecule has 2 aromatic carbocycles. The second-order valence-electron chi connectivity index (χ2n) is 6.51. The maximum Gasteiger partial charge on any atom is 0.246 e. The van der Waals surface area contributed by atoms with Gasteiger partial charge in [-0.1, -0.05) is 65.3 Å². The van der Waals surface area contributed by atoms with Crippen LogP contribution in [0.3, 0.4) is 0 Å². The maximum atomic E-state index is 12.6. The van der Waals surface area contributed by atoms with Gasteiger partial charge in [-0.25, -0.2) is 0 Å². The van der Waals surface area contributed by atoms with Gasteiger partial charge in [0.05, 0.1) is 11.8 Å². The molecule has 3 rings (SSSR count). The predicted molar refractivity (Wildman–Crippen MR) is 108 cm³/mol. The molecule has 0 aliphatic rings. The number of nitrogens with zero attached hydrogens (tertiary/aromatic N) is 3. The van der Waals surface area contributed by atoms with Crippen molar-refractivity contribution in [3.8, 4) is 11.4 Å². The molecule has 0 radical (unpaired) electrons. The van der Waals surface area contributed by atoms with E-state index in [1.165, 1.54) is 11.1 Å². The molecule has 3 aromatic rings. The van der Waals surface area contributed by atoms with Crippen molar-refractivity contribution in [3.05, 3.63) is 71.6 Å². The molecule has 0 saturated heterocycles. The van der Waals surface area contributed by atoms with E-state index in [9.17, 15) is 4.79 Å². The smallest absolute Gasteiger partial charge is 0.246 e. The van der Waals surface area contributed by atoms with Crippen molar-refractivity contribution in [2.75, 3.05) is 7.05 Å². The molecule has 0 fully saturated rings. The highest BCUT2D eigenvalue weighted by Crippen LogP contribution is 2.20. The number of carbonyl (C=O) groups excluding carboxylic acids is 1. The second kappa shape index (κ2) is 8.86. The summed E-state index contributed by atoms with van der Waals surface area (Å²) in [5.74, 6) is 1.82. The van der Waals surface area contributed by atoms with Gasteiger partial charge in [-0.05, 0) is 19.4 Å². The maximum absolute atomic E-state index is 12.6. The molecular formula is C21H23N3O2S. The molecule has 0 N–H and O–H groups in total. The highest BCUT2D eigenvalue weighted by atomic mass is 32.2. The average molecular weight is 382 g/mol. The summed E-state index contributed by atoms with van der Waals surface area (Å²) in [6.07, 6.45) is 0. The van der Waals surface area contributed by atoms with Crippen molar-refractivity contribution in [1.82, 2.24) is 15.0 Å². The van der Waals surface area contributed by atoms with Crippen molar-refractivity contribution in [3.63, 3.8) is 0 Å². The van der Waals surface area contributed by atoms with Crippen LogP contribution in [0, 0.1) is 6.92 Å². The van der Waals surface area contributed by atoms with E-state index in [1.54, 1.807) is 23.7 Å². The number of hydrogen-bond donors (Lipinski definition) is 0. The minimum absolute atomic E-state index is 0.0472. The molecule has 1 atom stereocenters. The molecule has 0 bridgehead atoms. The van der Waals surface area contributed by atoms with Gasteiger partial charge in [-0.2, -0.15) is 4.98 Å². The van der Waals surface area contributed by atoms with Gasteiger partial charge >= 0.3 is 0 Å². The quantitative estimate of drug-likeness (QED) is 0.610. The summed E-state index contributed by atoms with van der Waals surface area (Å²) >= 11 is 1.62. The minimum atomic E-state index is -0.144. The number of aryl methyl sites for hydroxylation is 1. The van der Waals surface area contributed by atoms with Crippen molar-refractivity contribution in [1.29, 1.82) is 0 Å². The average Bonchev–Trinajstić information content (AvgIpc) is 3.15. The minimum Gasteiger partial charge on any atom is -0.337 e. The van der Waals surface area contributed by atoms with Crippen molar-refractivity contribution >= 4 is 17.7 Å². The zero-order valence-corrected chi connectivity index (χ0v) is 16.6.